The second-order valence-electron chi connectivity index (χ2n) is 7.84. The van der Waals surface area contributed by atoms with Gasteiger partial charge in [0.15, 0.2) is 0 Å². The number of benzene rings is 3. The number of nitrogens with zero attached hydrogens (tertiary/aromatic N) is 1. The van der Waals surface area contributed by atoms with E-state index in [4.69, 9.17) is 39.6 Å². The maximum atomic E-state index is 14.2. The van der Waals surface area contributed by atoms with Crippen molar-refractivity contribution >= 4 is 50.7 Å². The highest BCUT2D eigenvalue weighted by Crippen LogP contribution is 2.46. The maximum absolute atomic E-state index is 14.2. The van der Waals surface area contributed by atoms with Crippen LogP contribution in [0, 0.1) is 0 Å². The Morgan fingerprint density at radius 1 is 0.914 bits per heavy atom. The van der Waals surface area contributed by atoms with Crippen LogP contribution < -0.4 is 5.48 Å². The highest BCUT2D eigenvalue weighted by atomic mass is 35.5. The van der Waals surface area contributed by atoms with E-state index in [2.05, 4.69) is 5.48 Å². The van der Waals surface area contributed by atoms with E-state index in [-0.39, 0.29) is 16.9 Å². The van der Waals surface area contributed by atoms with Crippen molar-refractivity contribution in [2.45, 2.75) is 23.4 Å². The van der Waals surface area contributed by atoms with Crippen LogP contribution in [0.2, 0.25) is 15.1 Å². The minimum Gasteiger partial charge on any atom is -0.277 e. The molecule has 0 aromatic heterocycles. The molecule has 1 amide bonds. The van der Waals surface area contributed by atoms with Gasteiger partial charge in [0.05, 0.1) is 24.1 Å². The number of hydrogen-bond donors (Lipinski definition) is 1. The van der Waals surface area contributed by atoms with Gasteiger partial charge >= 0.3 is 0 Å². The third kappa shape index (κ3) is 5.40. The molecule has 6 nitrogen and oxygen atoms in total. The van der Waals surface area contributed by atoms with Crippen LogP contribution in [0.25, 0.3) is 0 Å². The van der Waals surface area contributed by atoms with Gasteiger partial charge in [0, 0.05) is 20.6 Å². The van der Waals surface area contributed by atoms with E-state index in [1.165, 1.54) is 35.7 Å². The fraction of sp³-hybridized carbons (Fsp3) is 0.160. The Hall–Kier alpha value is -2.39. The van der Waals surface area contributed by atoms with Crippen LogP contribution in [0.15, 0.2) is 89.3 Å². The largest absolute Gasteiger partial charge is 0.277 e. The molecule has 0 saturated heterocycles. The average Bonchev–Trinajstić information content (AvgIpc) is 2.84. The topological polar surface area (TPSA) is 75.7 Å². The zero-order valence-corrected chi connectivity index (χ0v) is 21.6. The molecule has 3 aromatic rings. The third-order valence-corrected chi connectivity index (χ3v) is 8.31. The zero-order chi connectivity index (χ0) is 25.2. The molecule has 0 bridgehead atoms. The van der Waals surface area contributed by atoms with Crippen LogP contribution in [-0.4, -0.2) is 25.7 Å². The minimum atomic E-state index is -4.14. The van der Waals surface area contributed by atoms with E-state index in [1.807, 2.05) is 0 Å². The van der Waals surface area contributed by atoms with Crippen LogP contribution >= 0.6 is 34.8 Å². The van der Waals surface area contributed by atoms with E-state index < -0.39 is 28.0 Å². The summed E-state index contributed by atoms with van der Waals surface area (Å²) < 4.78 is 29.7. The van der Waals surface area contributed by atoms with Gasteiger partial charge in [-0.05, 0) is 66.1 Å². The van der Waals surface area contributed by atoms with Gasteiger partial charge in [-0.3, -0.25) is 9.63 Å². The van der Waals surface area contributed by atoms with Crippen molar-refractivity contribution in [3.8, 4) is 0 Å². The summed E-state index contributed by atoms with van der Waals surface area (Å²) in [4.78, 5) is 17.9. The first-order valence-electron chi connectivity index (χ1n) is 10.6. The van der Waals surface area contributed by atoms with Crippen molar-refractivity contribution in [2.24, 2.45) is 0 Å². The molecule has 4 rings (SSSR count). The third-order valence-electron chi connectivity index (χ3n) is 5.68. The highest BCUT2D eigenvalue weighted by Gasteiger charge is 2.44. The van der Waals surface area contributed by atoms with Crippen LogP contribution in [-0.2, 0) is 19.7 Å². The van der Waals surface area contributed by atoms with Gasteiger partial charge in [-0.1, -0.05) is 65.1 Å². The lowest BCUT2D eigenvalue weighted by Crippen LogP contribution is -2.44. The van der Waals surface area contributed by atoms with Crippen molar-refractivity contribution in [2.75, 3.05) is 7.11 Å². The number of hydrogen-bond acceptors (Lipinski definition) is 4. The molecule has 1 aliphatic heterocycles. The molecule has 35 heavy (non-hydrogen) atoms. The molecule has 10 heteroatoms. The van der Waals surface area contributed by atoms with Crippen molar-refractivity contribution in [3.05, 3.63) is 111 Å². The summed E-state index contributed by atoms with van der Waals surface area (Å²) in [5.41, 5.74) is 3.79. The molecule has 1 heterocycles. The van der Waals surface area contributed by atoms with Crippen LogP contribution in [0.4, 0.5) is 0 Å². The Labute approximate surface area is 219 Å². The number of carbonyl (C=O) groups excluding carboxylic acids is 1. The molecule has 0 saturated carbocycles. The Kier molecular flexibility index (Phi) is 7.86. The van der Waals surface area contributed by atoms with Crippen LogP contribution in [0.3, 0.4) is 0 Å². The Bertz CT molecular complexity index is 1360. The first-order chi connectivity index (χ1) is 16.7. The summed E-state index contributed by atoms with van der Waals surface area (Å²) >= 11 is 18.4. The second-order valence-corrected chi connectivity index (χ2v) is 11.0. The van der Waals surface area contributed by atoms with Gasteiger partial charge in [0.25, 0.3) is 5.91 Å². The number of nitrogens with one attached hydrogen (secondary N) is 1. The maximum Gasteiger partial charge on any atom is 0.272 e. The predicted molar refractivity (Wildman–Crippen MR) is 137 cm³/mol. The molecule has 0 aliphatic carbocycles. The van der Waals surface area contributed by atoms with Gasteiger partial charge in [-0.25, -0.2) is 13.9 Å². The number of rotatable bonds is 6. The van der Waals surface area contributed by atoms with Crippen molar-refractivity contribution in [3.63, 3.8) is 0 Å². The number of carbonyl (C=O) groups is 1. The highest BCUT2D eigenvalue weighted by molar-refractivity contribution is 7.89. The Morgan fingerprint density at radius 3 is 2.14 bits per heavy atom. The lowest BCUT2D eigenvalue weighted by atomic mass is 9.89. The SMILES string of the molecule is CONC(=O)C1=CC[C@@H](c2ccc(Cl)cc2)N(S(=O)(=O)c2ccc(Cl)cc2)C1c1cccc(Cl)c1. The lowest BCUT2D eigenvalue weighted by molar-refractivity contribution is -0.128. The first kappa shape index (κ1) is 25.7. The van der Waals surface area contributed by atoms with Gasteiger partial charge in [-0.2, -0.15) is 4.31 Å². The smallest absolute Gasteiger partial charge is 0.272 e. The van der Waals surface area contributed by atoms with E-state index in [0.29, 0.717) is 20.6 Å². The Balaban J connectivity index is 1.97. The van der Waals surface area contributed by atoms with Crippen LogP contribution in [0.1, 0.15) is 29.6 Å². The van der Waals surface area contributed by atoms with Gasteiger partial charge in [-0.15, -0.1) is 0 Å². The molecular formula is C25H21Cl3N2O4S. The lowest BCUT2D eigenvalue weighted by Gasteiger charge is -2.41. The van der Waals surface area contributed by atoms with Crippen molar-refractivity contribution in [1.29, 1.82) is 0 Å². The fourth-order valence-corrected chi connectivity index (χ4v) is 6.38. The van der Waals surface area contributed by atoms with Crippen LogP contribution in [0.5, 0.6) is 0 Å². The predicted octanol–water partition coefficient (Wildman–Crippen LogP) is 6.13. The normalized spacial score (nSPS) is 18.7. The molecule has 2 atom stereocenters. The molecule has 1 aliphatic rings. The van der Waals surface area contributed by atoms with Gasteiger partial charge in [0.2, 0.25) is 10.0 Å². The number of hydroxylamine groups is 1. The van der Waals surface area contributed by atoms with Gasteiger partial charge in [0.1, 0.15) is 0 Å². The molecule has 0 fully saturated rings. The number of halogens is 3. The average molecular weight is 552 g/mol. The molecular weight excluding hydrogens is 531 g/mol. The summed E-state index contributed by atoms with van der Waals surface area (Å²) in [5, 5.41) is 1.34. The summed E-state index contributed by atoms with van der Waals surface area (Å²) in [6.45, 7) is 0. The first-order valence-corrected chi connectivity index (χ1v) is 13.1. The molecule has 3 aromatic carbocycles. The van der Waals surface area contributed by atoms with Crippen molar-refractivity contribution < 1.29 is 18.0 Å². The summed E-state index contributed by atoms with van der Waals surface area (Å²) in [6.07, 6.45) is 1.98. The minimum absolute atomic E-state index is 0.0429. The zero-order valence-electron chi connectivity index (χ0n) is 18.5. The summed E-state index contributed by atoms with van der Waals surface area (Å²) in [7, 11) is -2.83. The molecule has 0 radical (unpaired) electrons. The van der Waals surface area contributed by atoms with E-state index in [9.17, 15) is 13.2 Å². The number of amides is 1. The molecule has 1 unspecified atom stereocenters. The molecule has 0 spiro atoms. The standard InChI is InChI=1S/C25H21Cl3N2O4S/c1-34-29-25(31)22-13-14-23(16-5-7-18(26)8-6-16)30(24(22)17-3-2-4-20(28)15-17)35(32,33)21-11-9-19(27)10-12-21/h2-13,15,23-24H,14H2,1H3,(H,29,31)/t23-,24?/m0/s1. The monoisotopic (exact) mass is 550 g/mol. The Morgan fingerprint density at radius 2 is 1.54 bits per heavy atom. The van der Waals surface area contributed by atoms with E-state index in [1.54, 1.807) is 54.6 Å². The quantitative estimate of drug-likeness (QED) is 0.374. The molecule has 182 valence electrons. The molecule has 1 N–H and O–H groups in total. The fourth-order valence-electron chi connectivity index (χ4n) is 4.15. The van der Waals surface area contributed by atoms with E-state index in [0.717, 1.165) is 5.56 Å². The summed E-state index contributed by atoms with van der Waals surface area (Å²) in [6, 6.07) is 18.0. The number of sulfonamides is 1. The van der Waals surface area contributed by atoms with Gasteiger partial charge < -0.3 is 0 Å². The van der Waals surface area contributed by atoms with E-state index >= 15 is 0 Å². The van der Waals surface area contributed by atoms with Crippen molar-refractivity contribution in [1.82, 2.24) is 9.79 Å². The second kappa shape index (κ2) is 10.7. The summed E-state index contributed by atoms with van der Waals surface area (Å²) in [5.74, 6) is -0.552.